The van der Waals surface area contributed by atoms with Crippen molar-refractivity contribution in [3.8, 4) is 11.5 Å². The molecule has 2 aromatic rings. The van der Waals surface area contributed by atoms with Crippen molar-refractivity contribution in [2.45, 2.75) is 205 Å². The molecule has 0 bridgehead atoms. The largest absolute Gasteiger partial charge is 0.490 e. The van der Waals surface area contributed by atoms with Crippen LogP contribution in [-0.2, 0) is 0 Å². The van der Waals surface area contributed by atoms with E-state index < -0.39 is 35.2 Å². The number of hydrogen-bond donors (Lipinski definition) is 0. The van der Waals surface area contributed by atoms with Gasteiger partial charge in [0.1, 0.15) is 0 Å². The molecule has 0 atom stereocenters. The minimum atomic E-state index is -2.31. The summed E-state index contributed by atoms with van der Waals surface area (Å²) in [5.74, 6) is -1.24. The molecule has 4 saturated carbocycles. The third-order valence-electron chi connectivity index (χ3n) is 16.6. The van der Waals surface area contributed by atoms with Crippen molar-refractivity contribution in [1.82, 2.24) is 0 Å². The molecule has 0 amide bonds. The number of allylic oxidation sites excluding steroid dienone is 5. The van der Waals surface area contributed by atoms with Crippen LogP contribution in [0, 0.1) is 64.7 Å². The van der Waals surface area contributed by atoms with Crippen LogP contribution < -0.4 is 9.47 Å². The van der Waals surface area contributed by atoms with Crippen molar-refractivity contribution in [2.24, 2.45) is 41.4 Å². The topological polar surface area (TPSA) is 18.5 Å². The van der Waals surface area contributed by atoms with Gasteiger partial charge in [-0.25, -0.2) is 13.2 Å². The lowest BCUT2D eigenvalue weighted by Crippen LogP contribution is -2.15. The molecule has 4 fully saturated rings. The van der Waals surface area contributed by atoms with E-state index in [-0.39, 0.29) is 55.3 Å². The van der Waals surface area contributed by atoms with Gasteiger partial charge < -0.3 is 9.47 Å². The first-order valence-corrected chi connectivity index (χ1v) is 27.3. The van der Waals surface area contributed by atoms with Gasteiger partial charge in [-0.05, 0) is 211 Å². The summed E-state index contributed by atoms with van der Waals surface area (Å²) in [6, 6.07) is 6.38. The Bertz CT molecular complexity index is 1750. The standard InChI is InChI=1S/C59H83F7O2/c1-3-9-41-13-17-44(18-14-41)21-23-46-25-30-48(31-26-46)50-34-37-53(57(63)55(50)61)67-39-7-5-11-43(29-36-52(60)59(65)66)12-6-8-40-68-54-38-35-51(56(62)58(54)64)49-32-27-47(28-33-49)24-22-45-19-15-42(10-4-2)16-20-45/h21-24,34-35,37-38,41-49H,3-20,25-33,36,39-40H2,1-2H3/b23-21+,24-22+. The van der Waals surface area contributed by atoms with Gasteiger partial charge in [0, 0.05) is 6.42 Å². The van der Waals surface area contributed by atoms with Gasteiger partial charge in [0.2, 0.25) is 11.6 Å². The van der Waals surface area contributed by atoms with Gasteiger partial charge in [-0.3, -0.25) is 0 Å². The fourth-order valence-corrected chi connectivity index (χ4v) is 12.3. The molecule has 380 valence electrons. The second-order valence-electron chi connectivity index (χ2n) is 21.5. The van der Waals surface area contributed by atoms with E-state index >= 15 is 17.6 Å². The molecule has 0 unspecified atom stereocenters. The summed E-state index contributed by atoms with van der Waals surface area (Å²) in [6.07, 6.45) is 33.6. The van der Waals surface area contributed by atoms with Crippen molar-refractivity contribution < 1.29 is 40.2 Å². The zero-order chi connectivity index (χ0) is 48.3. The number of rotatable bonds is 25. The normalized spacial score (nSPS) is 26.3. The minimum Gasteiger partial charge on any atom is -0.490 e. The van der Waals surface area contributed by atoms with Crippen LogP contribution in [0.2, 0.25) is 0 Å². The molecule has 0 heterocycles. The fraction of sp³-hybridized carbons (Fsp3) is 0.695. The molecule has 4 aliphatic rings. The fourth-order valence-electron chi connectivity index (χ4n) is 12.3. The average Bonchev–Trinajstić information content (AvgIpc) is 3.35. The number of ether oxygens (including phenoxy) is 2. The minimum absolute atomic E-state index is 0.0189. The molecule has 0 N–H and O–H groups in total. The van der Waals surface area contributed by atoms with E-state index in [1.807, 2.05) is 0 Å². The summed E-state index contributed by atoms with van der Waals surface area (Å²) in [6.45, 7) is 4.84. The van der Waals surface area contributed by atoms with Crippen LogP contribution in [0.25, 0.3) is 0 Å². The van der Waals surface area contributed by atoms with Gasteiger partial charge in [0.15, 0.2) is 29.0 Å². The van der Waals surface area contributed by atoms with E-state index in [1.165, 1.54) is 89.2 Å². The molecule has 6 rings (SSSR count). The highest BCUT2D eigenvalue weighted by Gasteiger charge is 2.29. The predicted octanol–water partition coefficient (Wildman–Crippen LogP) is 19.4. The highest BCUT2D eigenvalue weighted by atomic mass is 19.3. The lowest BCUT2D eigenvalue weighted by Gasteiger charge is -2.29. The van der Waals surface area contributed by atoms with Gasteiger partial charge in [0.05, 0.1) is 13.2 Å². The second-order valence-corrected chi connectivity index (χ2v) is 21.5. The zero-order valence-corrected chi connectivity index (χ0v) is 41.5. The highest BCUT2D eigenvalue weighted by Crippen LogP contribution is 2.42. The summed E-state index contributed by atoms with van der Waals surface area (Å²) in [4.78, 5) is 0. The van der Waals surface area contributed by atoms with E-state index in [4.69, 9.17) is 9.47 Å². The number of hydrogen-bond acceptors (Lipinski definition) is 2. The molecule has 0 radical (unpaired) electrons. The summed E-state index contributed by atoms with van der Waals surface area (Å²) in [7, 11) is 0. The Hall–Kier alpha value is -3.23. The number of unbranched alkanes of at least 4 members (excludes halogenated alkanes) is 2. The van der Waals surface area contributed by atoms with Crippen molar-refractivity contribution in [3.63, 3.8) is 0 Å². The lowest BCUT2D eigenvalue weighted by molar-refractivity contribution is 0.265. The van der Waals surface area contributed by atoms with Crippen LogP contribution in [-0.4, -0.2) is 13.2 Å². The van der Waals surface area contributed by atoms with Crippen molar-refractivity contribution in [3.05, 3.63) is 94.9 Å². The van der Waals surface area contributed by atoms with Crippen LogP contribution in [0.1, 0.15) is 217 Å². The highest BCUT2D eigenvalue weighted by molar-refractivity contribution is 5.34. The molecule has 2 nitrogen and oxygen atoms in total. The van der Waals surface area contributed by atoms with Crippen LogP contribution >= 0.6 is 0 Å². The Balaban J connectivity index is 0.878. The smallest absolute Gasteiger partial charge is 0.301 e. The van der Waals surface area contributed by atoms with Crippen LogP contribution in [0.4, 0.5) is 30.7 Å². The molecule has 0 saturated heterocycles. The summed E-state index contributed by atoms with van der Waals surface area (Å²) >= 11 is 0. The van der Waals surface area contributed by atoms with Crippen molar-refractivity contribution >= 4 is 0 Å². The molecule has 2 aromatic carbocycles. The summed E-state index contributed by atoms with van der Waals surface area (Å²) in [5, 5.41) is 0. The van der Waals surface area contributed by atoms with Crippen LogP contribution in [0.5, 0.6) is 11.5 Å². The molecular formula is C59H83F7O2. The van der Waals surface area contributed by atoms with Gasteiger partial charge in [-0.1, -0.05) is 88.8 Å². The quantitative estimate of drug-likeness (QED) is 0.0561. The van der Waals surface area contributed by atoms with Crippen LogP contribution in [0.3, 0.4) is 0 Å². The molecule has 9 heteroatoms. The first-order chi connectivity index (χ1) is 33.0. The second kappa shape index (κ2) is 28.6. The molecular weight excluding hydrogens is 874 g/mol. The SMILES string of the molecule is CCCC1CCC(/C=C/C2CCC(c3ccc(OCCCCC(CCCCOc4ccc(C5CCC(/C=C/C6CCC(CCC)CC6)CC5)c(F)c4F)CCC(F)=C(F)F)c(F)c3F)CC2)CC1. The molecule has 0 spiro atoms. The van der Waals surface area contributed by atoms with E-state index in [1.54, 1.807) is 12.1 Å². The van der Waals surface area contributed by atoms with E-state index in [0.717, 1.165) is 63.2 Å². The van der Waals surface area contributed by atoms with Crippen molar-refractivity contribution in [2.75, 3.05) is 13.2 Å². The maximum Gasteiger partial charge on any atom is 0.301 e. The van der Waals surface area contributed by atoms with E-state index in [2.05, 4.69) is 38.2 Å². The predicted molar refractivity (Wildman–Crippen MR) is 263 cm³/mol. The maximum absolute atomic E-state index is 15.4. The molecule has 4 aliphatic carbocycles. The average molecular weight is 957 g/mol. The Labute approximate surface area is 405 Å². The third kappa shape index (κ3) is 16.7. The Kier molecular flexibility index (Phi) is 22.7. The van der Waals surface area contributed by atoms with Crippen LogP contribution in [0.15, 0.2) is 60.5 Å². The van der Waals surface area contributed by atoms with Gasteiger partial charge in [-0.2, -0.15) is 17.6 Å². The first-order valence-electron chi connectivity index (χ1n) is 27.3. The van der Waals surface area contributed by atoms with Crippen molar-refractivity contribution in [1.29, 1.82) is 0 Å². The molecule has 0 aromatic heterocycles. The Morgan fingerprint density at radius 2 is 0.853 bits per heavy atom. The molecule has 0 aliphatic heterocycles. The zero-order valence-electron chi connectivity index (χ0n) is 41.5. The Morgan fingerprint density at radius 1 is 0.485 bits per heavy atom. The van der Waals surface area contributed by atoms with Gasteiger partial charge in [-0.15, -0.1) is 0 Å². The number of halogens is 7. The Morgan fingerprint density at radius 3 is 1.21 bits per heavy atom. The first kappa shape index (κ1) is 54.1. The number of benzene rings is 2. The van der Waals surface area contributed by atoms with Gasteiger partial charge >= 0.3 is 6.08 Å². The third-order valence-corrected chi connectivity index (χ3v) is 16.6. The van der Waals surface area contributed by atoms with E-state index in [0.29, 0.717) is 73.3 Å². The summed E-state index contributed by atoms with van der Waals surface area (Å²) in [5.41, 5.74) is 0.837. The molecule has 68 heavy (non-hydrogen) atoms. The van der Waals surface area contributed by atoms with E-state index in [9.17, 15) is 13.2 Å². The van der Waals surface area contributed by atoms with Gasteiger partial charge in [0.25, 0.3) is 0 Å². The monoisotopic (exact) mass is 957 g/mol. The summed E-state index contributed by atoms with van der Waals surface area (Å²) < 4.78 is 112. The maximum atomic E-state index is 15.4. The lowest BCUT2D eigenvalue weighted by atomic mass is 9.76.